The third-order valence-electron chi connectivity index (χ3n) is 5.05. The summed E-state index contributed by atoms with van der Waals surface area (Å²) < 4.78 is 5.91. The van der Waals surface area contributed by atoms with Gasteiger partial charge in [0, 0.05) is 5.56 Å². The molecule has 10 heteroatoms. The molecule has 1 aliphatic rings. The first-order chi connectivity index (χ1) is 16.7. The van der Waals surface area contributed by atoms with Crippen molar-refractivity contribution in [3.05, 3.63) is 99.0 Å². The minimum Gasteiger partial charge on any atom is -0.488 e. The van der Waals surface area contributed by atoms with Gasteiger partial charge >= 0.3 is 5.97 Å². The third kappa shape index (κ3) is 5.35. The minimum absolute atomic E-state index is 0.0263. The van der Waals surface area contributed by atoms with E-state index in [-0.39, 0.29) is 28.5 Å². The van der Waals surface area contributed by atoms with Gasteiger partial charge in [-0.05, 0) is 60.3 Å². The van der Waals surface area contributed by atoms with Gasteiger partial charge in [-0.1, -0.05) is 53.5 Å². The van der Waals surface area contributed by atoms with Crippen LogP contribution in [-0.2, 0) is 16.2 Å². The van der Waals surface area contributed by atoms with Gasteiger partial charge in [-0.2, -0.15) is 0 Å². The van der Waals surface area contributed by atoms with E-state index in [1.165, 1.54) is 30.3 Å². The lowest BCUT2D eigenvalue weighted by molar-refractivity contribution is -0.122. The Morgan fingerprint density at radius 1 is 1.03 bits per heavy atom. The van der Waals surface area contributed by atoms with Gasteiger partial charge in [0.05, 0.1) is 21.3 Å². The van der Waals surface area contributed by atoms with Crippen molar-refractivity contribution in [2.75, 3.05) is 4.90 Å². The molecule has 7 nitrogen and oxygen atoms in total. The van der Waals surface area contributed by atoms with Gasteiger partial charge in [0.1, 0.15) is 17.9 Å². The number of hydrogen-bond acceptors (Lipinski definition) is 5. The summed E-state index contributed by atoms with van der Waals surface area (Å²) in [5, 5.41) is 12.4. The lowest BCUT2D eigenvalue weighted by Gasteiger charge is -2.29. The molecule has 35 heavy (non-hydrogen) atoms. The molecule has 3 aromatic carbocycles. The van der Waals surface area contributed by atoms with Crippen LogP contribution in [0.4, 0.5) is 5.69 Å². The number of aromatic carboxylic acids is 1. The molecule has 2 N–H and O–H groups in total. The van der Waals surface area contributed by atoms with Crippen LogP contribution in [0, 0.1) is 0 Å². The molecule has 0 bridgehead atoms. The highest BCUT2D eigenvalue weighted by atomic mass is 35.5. The fourth-order valence-electron chi connectivity index (χ4n) is 3.35. The van der Waals surface area contributed by atoms with Crippen molar-refractivity contribution in [2.45, 2.75) is 6.61 Å². The van der Waals surface area contributed by atoms with Gasteiger partial charge in [0.15, 0.2) is 5.11 Å². The maximum atomic E-state index is 13.3. The first-order valence-electron chi connectivity index (χ1n) is 10.1. The number of rotatable bonds is 6. The zero-order valence-electron chi connectivity index (χ0n) is 17.8. The quantitative estimate of drug-likeness (QED) is 0.263. The van der Waals surface area contributed by atoms with Crippen LogP contribution in [0.1, 0.15) is 21.5 Å². The largest absolute Gasteiger partial charge is 0.488 e. The average molecular weight is 527 g/mol. The SMILES string of the molecule is O=C1NC(=S)N(c2cccc(C(=O)O)c2)C(=O)C1=Cc1ccccc1OCc1ccc(Cl)c(Cl)c1. The molecule has 0 radical (unpaired) electrons. The zero-order valence-corrected chi connectivity index (χ0v) is 20.2. The lowest BCUT2D eigenvalue weighted by atomic mass is 10.1. The maximum Gasteiger partial charge on any atom is 0.335 e. The Bertz CT molecular complexity index is 1410. The van der Waals surface area contributed by atoms with E-state index in [2.05, 4.69) is 5.32 Å². The molecule has 176 valence electrons. The molecule has 4 rings (SSSR count). The van der Waals surface area contributed by atoms with Crippen LogP contribution in [0.5, 0.6) is 5.75 Å². The average Bonchev–Trinajstić information content (AvgIpc) is 2.83. The van der Waals surface area contributed by atoms with Crippen molar-refractivity contribution >= 4 is 70.1 Å². The number of nitrogens with zero attached hydrogens (tertiary/aromatic N) is 1. The lowest BCUT2D eigenvalue weighted by Crippen LogP contribution is -2.54. The van der Waals surface area contributed by atoms with Gasteiger partial charge in [-0.15, -0.1) is 0 Å². The highest BCUT2D eigenvalue weighted by Crippen LogP contribution is 2.28. The molecule has 1 heterocycles. The smallest absolute Gasteiger partial charge is 0.335 e. The van der Waals surface area contributed by atoms with E-state index in [0.29, 0.717) is 21.4 Å². The Kier molecular flexibility index (Phi) is 7.16. The van der Waals surface area contributed by atoms with Crippen LogP contribution >= 0.6 is 35.4 Å². The molecular formula is C25H16Cl2N2O5S. The first-order valence-corrected chi connectivity index (χ1v) is 11.3. The Labute approximate surface area is 215 Å². The zero-order chi connectivity index (χ0) is 25.1. The van der Waals surface area contributed by atoms with Crippen LogP contribution in [0.15, 0.2) is 72.3 Å². The van der Waals surface area contributed by atoms with Crippen LogP contribution in [0.3, 0.4) is 0 Å². The molecule has 0 aromatic heterocycles. The third-order valence-corrected chi connectivity index (χ3v) is 6.07. The van der Waals surface area contributed by atoms with E-state index in [1.807, 2.05) is 0 Å². The summed E-state index contributed by atoms with van der Waals surface area (Å²) in [7, 11) is 0. The van der Waals surface area contributed by atoms with Gasteiger partial charge in [-0.25, -0.2) is 4.79 Å². The van der Waals surface area contributed by atoms with Crippen LogP contribution < -0.4 is 15.0 Å². The molecular weight excluding hydrogens is 511 g/mol. The summed E-state index contributed by atoms with van der Waals surface area (Å²) >= 11 is 17.2. The number of benzene rings is 3. The van der Waals surface area contributed by atoms with Crippen molar-refractivity contribution in [2.24, 2.45) is 0 Å². The second-order valence-corrected chi connectivity index (χ2v) is 8.59. The summed E-state index contributed by atoms with van der Waals surface area (Å²) in [5.74, 6) is -2.10. The number of hydrogen-bond donors (Lipinski definition) is 2. The fraction of sp³-hybridized carbons (Fsp3) is 0.0400. The van der Waals surface area contributed by atoms with Gasteiger partial charge in [-0.3, -0.25) is 19.8 Å². The number of anilines is 1. The van der Waals surface area contributed by atoms with E-state index in [1.54, 1.807) is 42.5 Å². The van der Waals surface area contributed by atoms with Crippen molar-refractivity contribution in [1.29, 1.82) is 0 Å². The predicted molar refractivity (Wildman–Crippen MR) is 137 cm³/mol. The summed E-state index contributed by atoms with van der Waals surface area (Å²) in [4.78, 5) is 38.4. The van der Waals surface area contributed by atoms with Crippen molar-refractivity contribution in [3.8, 4) is 5.75 Å². The van der Waals surface area contributed by atoms with Crippen molar-refractivity contribution < 1.29 is 24.2 Å². The molecule has 0 aliphatic carbocycles. The standard InChI is InChI=1S/C25H16Cl2N2O5S/c26-19-9-8-14(10-20(19)27)13-34-21-7-2-1-4-15(21)12-18-22(30)28-25(35)29(23(18)31)17-6-3-5-16(11-17)24(32)33/h1-12H,13H2,(H,32,33)(H,28,30,35). The number of carbonyl (C=O) groups excluding carboxylic acids is 2. The van der Waals surface area contributed by atoms with E-state index in [4.69, 9.17) is 40.2 Å². The minimum atomic E-state index is -1.16. The monoisotopic (exact) mass is 526 g/mol. The number of carboxylic acid groups (broad SMARTS) is 1. The topological polar surface area (TPSA) is 95.9 Å². The Morgan fingerprint density at radius 3 is 2.54 bits per heavy atom. The molecule has 0 spiro atoms. The maximum absolute atomic E-state index is 13.3. The number of nitrogens with one attached hydrogen (secondary N) is 1. The van der Waals surface area contributed by atoms with Gasteiger partial charge < -0.3 is 9.84 Å². The van der Waals surface area contributed by atoms with E-state index < -0.39 is 17.8 Å². The molecule has 2 amide bonds. The normalized spacial score (nSPS) is 14.7. The van der Waals surface area contributed by atoms with Crippen molar-refractivity contribution in [3.63, 3.8) is 0 Å². The van der Waals surface area contributed by atoms with E-state index in [9.17, 15) is 19.5 Å². The number of amides is 2. The molecule has 3 aromatic rings. The molecule has 0 unspecified atom stereocenters. The predicted octanol–water partition coefficient (Wildman–Crippen LogP) is 5.10. The number of thiocarbonyl (C=S) groups is 1. The number of ether oxygens (including phenoxy) is 1. The van der Waals surface area contributed by atoms with Crippen LogP contribution in [0.2, 0.25) is 10.0 Å². The van der Waals surface area contributed by atoms with Gasteiger partial charge in [0.25, 0.3) is 11.8 Å². The first kappa shape index (κ1) is 24.4. The summed E-state index contributed by atoms with van der Waals surface area (Å²) in [5.41, 5.74) is 1.27. The highest BCUT2D eigenvalue weighted by Gasteiger charge is 2.35. The van der Waals surface area contributed by atoms with E-state index >= 15 is 0 Å². The molecule has 1 saturated heterocycles. The number of halogens is 2. The Hall–Kier alpha value is -3.72. The number of carbonyl (C=O) groups is 3. The Morgan fingerprint density at radius 2 is 1.80 bits per heavy atom. The molecule has 0 saturated carbocycles. The molecule has 1 fully saturated rings. The molecule has 1 aliphatic heterocycles. The van der Waals surface area contributed by atoms with Gasteiger partial charge in [0.2, 0.25) is 0 Å². The fourth-order valence-corrected chi connectivity index (χ4v) is 3.95. The molecule has 0 atom stereocenters. The van der Waals surface area contributed by atoms with Crippen molar-refractivity contribution in [1.82, 2.24) is 5.32 Å². The Balaban J connectivity index is 1.64. The van der Waals surface area contributed by atoms with Crippen LogP contribution in [-0.4, -0.2) is 28.0 Å². The number of carboxylic acids is 1. The van der Waals surface area contributed by atoms with E-state index in [0.717, 1.165) is 10.5 Å². The highest BCUT2D eigenvalue weighted by molar-refractivity contribution is 7.80. The number of para-hydroxylation sites is 1. The van der Waals surface area contributed by atoms with Crippen LogP contribution in [0.25, 0.3) is 6.08 Å². The summed E-state index contributed by atoms with van der Waals surface area (Å²) in [6.07, 6.45) is 1.40. The summed E-state index contributed by atoms with van der Waals surface area (Å²) in [6.45, 7) is 0.176. The second kappa shape index (κ2) is 10.3. The summed E-state index contributed by atoms with van der Waals surface area (Å²) in [6, 6.07) is 17.7. The second-order valence-electron chi connectivity index (χ2n) is 7.39.